The van der Waals surface area contributed by atoms with Gasteiger partial charge in [-0.3, -0.25) is 0 Å². The Labute approximate surface area is 111 Å². The standard InChI is InChI=1S/C17H25N/c1-12-10-17(2,3)11-16(12)18-15-8-13-6-4-5-7-14(13)9-15/h4-7,12,15-16,18H,8-11H2,1-3H3. The Hall–Kier alpha value is -0.820. The van der Waals surface area contributed by atoms with E-state index in [2.05, 4.69) is 50.4 Å². The van der Waals surface area contributed by atoms with Crippen molar-refractivity contribution in [3.63, 3.8) is 0 Å². The Balaban J connectivity index is 1.63. The van der Waals surface area contributed by atoms with Crippen LogP contribution < -0.4 is 5.32 Å². The molecule has 2 atom stereocenters. The Morgan fingerprint density at radius 3 is 2.17 bits per heavy atom. The molecule has 0 radical (unpaired) electrons. The molecule has 2 unspecified atom stereocenters. The summed E-state index contributed by atoms with van der Waals surface area (Å²) in [5.74, 6) is 0.823. The van der Waals surface area contributed by atoms with Crippen LogP contribution in [0.15, 0.2) is 24.3 Å². The summed E-state index contributed by atoms with van der Waals surface area (Å²) in [4.78, 5) is 0. The molecular weight excluding hydrogens is 218 g/mol. The number of hydrogen-bond donors (Lipinski definition) is 1. The number of rotatable bonds is 2. The number of nitrogens with one attached hydrogen (secondary N) is 1. The predicted molar refractivity (Wildman–Crippen MR) is 76.7 cm³/mol. The SMILES string of the molecule is CC1CC(C)(C)CC1NC1Cc2ccccc2C1. The first kappa shape index (κ1) is 12.2. The van der Waals surface area contributed by atoms with Gasteiger partial charge < -0.3 is 5.32 Å². The summed E-state index contributed by atoms with van der Waals surface area (Å²) >= 11 is 0. The first-order valence-electron chi connectivity index (χ1n) is 7.36. The van der Waals surface area contributed by atoms with Crippen molar-refractivity contribution in [3.8, 4) is 0 Å². The fourth-order valence-corrected chi connectivity index (χ4v) is 4.10. The third-order valence-corrected chi connectivity index (χ3v) is 4.83. The Morgan fingerprint density at radius 2 is 1.67 bits per heavy atom. The van der Waals surface area contributed by atoms with Crippen LogP contribution in [-0.2, 0) is 12.8 Å². The van der Waals surface area contributed by atoms with E-state index in [-0.39, 0.29) is 0 Å². The second kappa shape index (κ2) is 4.38. The molecule has 0 aliphatic heterocycles. The summed E-state index contributed by atoms with van der Waals surface area (Å²) < 4.78 is 0. The first-order chi connectivity index (χ1) is 8.53. The molecule has 2 aliphatic rings. The van der Waals surface area contributed by atoms with Gasteiger partial charge in [0.1, 0.15) is 0 Å². The highest BCUT2D eigenvalue weighted by Crippen LogP contribution is 2.41. The number of fused-ring (bicyclic) bond motifs is 1. The molecular formula is C17H25N. The van der Waals surface area contributed by atoms with Gasteiger partial charge in [-0.1, -0.05) is 45.0 Å². The minimum absolute atomic E-state index is 0.530. The van der Waals surface area contributed by atoms with Crippen molar-refractivity contribution >= 4 is 0 Å². The molecule has 0 heterocycles. The summed E-state index contributed by atoms with van der Waals surface area (Å²) in [6.07, 6.45) is 5.14. The molecule has 98 valence electrons. The normalized spacial score (nSPS) is 30.6. The molecule has 0 aromatic heterocycles. The highest BCUT2D eigenvalue weighted by Gasteiger charge is 2.38. The second-order valence-electron chi connectivity index (χ2n) is 7.20. The van der Waals surface area contributed by atoms with Gasteiger partial charge in [-0.2, -0.15) is 0 Å². The van der Waals surface area contributed by atoms with Gasteiger partial charge in [0.2, 0.25) is 0 Å². The Morgan fingerprint density at radius 1 is 1.06 bits per heavy atom. The van der Waals surface area contributed by atoms with E-state index in [9.17, 15) is 0 Å². The average Bonchev–Trinajstić information content (AvgIpc) is 2.79. The first-order valence-corrected chi connectivity index (χ1v) is 7.36. The lowest BCUT2D eigenvalue weighted by Gasteiger charge is -2.23. The van der Waals surface area contributed by atoms with Crippen molar-refractivity contribution in [2.75, 3.05) is 0 Å². The van der Waals surface area contributed by atoms with E-state index in [1.807, 2.05) is 0 Å². The fourth-order valence-electron chi connectivity index (χ4n) is 4.10. The quantitative estimate of drug-likeness (QED) is 0.837. The van der Waals surface area contributed by atoms with Gasteiger partial charge in [0.25, 0.3) is 0 Å². The summed E-state index contributed by atoms with van der Waals surface area (Å²) in [6, 6.07) is 10.3. The van der Waals surface area contributed by atoms with Crippen molar-refractivity contribution in [3.05, 3.63) is 35.4 Å². The maximum atomic E-state index is 3.93. The monoisotopic (exact) mass is 243 g/mol. The van der Waals surface area contributed by atoms with E-state index in [0.717, 1.165) is 12.0 Å². The fraction of sp³-hybridized carbons (Fsp3) is 0.647. The van der Waals surface area contributed by atoms with Gasteiger partial charge in [0.15, 0.2) is 0 Å². The molecule has 2 aliphatic carbocycles. The molecule has 3 rings (SSSR count). The smallest absolute Gasteiger partial charge is 0.0151 e. The van der Waals surface area contributed by atoms with Crippen molar-refractivity contribution in [1.82, 2.24) is 5.32 Å². The molecule has 18 heavy (non-hydrogen) atoms. The molecule has 1 heteroatoms. The molecule has 1 aromatic rings. The van der Waals surface area contributed by atoms with Crippen molar-refractivity contribution in [2.24, 2.45) is 11.3 Å². The van der Waals surface area contributed by atoms with Crippen LogP contribution >= 0.6 is 0 Å². The highest BCUT2D eigenvalue weighted by atomic mass is 15.0. The maximum Gasteiger partial charge on any atom is 0.0151 e. The third-order valence-electron chi connectivity index (χ3n) is 4.83. The van der Waals surface area contributed by atoms with Crippen LogP contribution in [0, 0.1) is 11.3 Å². The van der Waals surface area contributed by atoms with Crippen LogP contribution in [0.3, 0.4) is 0 Å². The molecule has 1 nitrogen and oxygen atoms in total. The van der Waals surface area contributed by atoms with Crippen LogP contribution in [0.2, 0.25) is 0 Å². The number of benzene rings is 1. The minimum atomic E-state index is 0.530. The lowest BCUT2D eigenvalue weighted by atomic mass is 9.91. The zero-order valence-corrected chi connectivity index (χ0v) is 11.9. The van der Waals surface area contributed by atoms with Crippen LogP contribution in [0.4, 0.5) is 0 Å². The van der Waals surface area contributed by atoms with E-state index < -0.39 is 0 Å². The van der Waals surface area contributed by atoms with E-state index in [4.69, 9.17) is 0 Å². The van der Waals surface area contributed by atoms with Gasteiger partial charge in [-0.15, -0.1) is 0 Å². The van der Waals surface area contributed by atoms with Crippen molar-refractivity contribution in [1.29, 1.82) is 0 Å². The van der Waals surface area contributed by atoms with E-state index in [1.54, 1.807) is 11.1 Å². The lowest BCUT2D eigenvalue weighted by Crippen LogP contribution is -2.40. The van der Waals surface area contributed by atoms with Crippen LogP contribution in [0.1, 0.15) is 44.7 Å². The topological polar surface area (TPSA) is 12.0 Å². The third kappa shape index (κ3) is 2.33. The molecule has 1 saturated carbocycles. The summed E-state index contributed by atoms with van der Waals surface area (Å²) in [6.45, 7) is 7.23. The zero-order chi connectivity index (χ0) is 12.8. The van der Waals surface area contributed by atoms with Gasteiger partial charge in [-0.05, 0) is 48.1 Å². The molecule has 1 N–H and O–H groups in total. The number of hydrogen-bond acceptors (Lipinski definition) is 1. The van der Waals surface area contributed by atoms with E-state index >= 15 is 0 Å². The lowest BCUT2D eigenvalue weighted by molar-refractivity contribution is 0.352. The molecule has 0 spiro atoms. The Bertz CT molecular complexity index is 410. The zero-order valence-electron chi connectivity index (χ0n) is 11.9. The van der Waals surface area contributed by atoms with Crippen LogP contribution in [-0.4, -0.2) is 12.1 Å². The molecule has 0 bridgehead atoms. The van der Waals surface area contributed by atoms with Gasteiger partial charge in [-0.25, -0.2) is 0 Å². The van der Waals surface area contributed by atoms with Gasteiger partial charge in [0.05, 0.1) is 0 Å². The maximum absolute atomic E-state index is 3.93. The van der Waals surface area contributed by atoms with Gasteiger partial charge >= 0.3 is 0 Å². The highest BCUT2D eigenvalue weighted by molar-refractivity contribution is 5.33. The van der Waals surface area contributed by atoms with Crippen LogP contribution in [0.5, 0.6) is 0 Å². The van der Waals surface area contributed by atoms with E-state index in [1.165, 1.54) is 25.7 Å². The summed E-state index contributed by atoms with van der Waals surface area (Å²) in [5, 5.41) is 3.93. The predicted octanol–water partition coefficient (Wildman–Crippen LogP) is 3.57. The Kier molecular flexibility index (Phi) is 2.97. The second-order valence-corrected chi connectivity index (χ2v) is 7.20. The molecule has 0 saturated heterocycles. The van der Waals surface area contributed by atoms with Crippen molar-refractivity contribution < 1.29 is 0 Å². The molecule has 1 aromatic carbocycles. The molecule has 0 amide bonds. The van der Waals surface area contributed by atoms with Gasteiger partial charge in [0, 0.05) is 12.1 Å². The van der Waals surface area contributed by atoms with Crippen LogP contribution in [0.25, 0.3) is 0 Å². The molecule has 1 fully saturated rings. The van der Waals surface area contributed by atoms with Crippen molar-refractivity contribution in [2.45, 2.75) is 58.5 Å². The average molecular weight is 243 g/mol. The van der Waals surface area contributed by atoms with E-state index in [0.29, 0.717) is 11.5 Å². The minimum Gasteiger partial charge on any atom is -0.310 e. The summed E-state index contributed by atoms with van der Waals surface area (Å²) in [5.41, 5.74) is 3.64. The summed E-state index contributed by atoms with van der Waals surface area (Å²) in [7, 11) is 0. The largest absolute Gasteiger partial charge is 0.310 e.